The van der Waals surface area contributed by atoms with Gasteiger partial charge >= 0.3 is 0 Å². The zero-order chi connectivity index (χ0) is 5.98. The molecule has 0 aliphatic carbocycles. The van der Waals surface area contributed by atoms with Crippen molar-refractivity contribution in [1.29, 1.82) is 0 Å². The van der Waals surface area contributed by atoms with Gasteiger partial charge in [0, 0.05) is 11.3 Å². The van der Waals surface area contributed by atoms with Gasteiger partial charge in [-0.1, -0.05) is 19.1 Å². The van der Waals surface area contributed by atoms with Crippen LogP contribution in [0.15, 0.2) is 0 Å². The minimum absolute atomic E-state index is 0.287. The molecule has 8 heavy (non-hydrogen) atoms. The van der Waals surface area contributed by atoms with Crippen molar-refractivity contribution in [2.75, 3.05) is 6.61 Å². The van der Waals surface area contributed by atoms with Crippen LogP contribution in [0.25, 0.3) is 0 Å². The summed E-state index contributed by atoms with van der Waals surface area (Å²) in [7, 11) is 0. The first kappa shape index (κ1) is 6.17. The number of hydrogen-bond donors (Lipinski definition) is 0. The Hall–Kier alpha value is 0.0500. The van der Waals surface area contributed by atoms with Crippen LogP contribution in [0.4, 0.5) is 0 Å². The Morgan fingerprint density at radius 2 is 2.62 bits per heavy atom. The molecule has 1 rings (SSSR count). The predicted molar refractivity (Wildman–Crippen MR) is 37.2 cm³/mol. The maximum atomic E-state index is 5.12. The number of thiocarbonyl (C=S) groups is 1. The van der Waals surface area contributed by atoms with E-state index in [1.54, 1.807) is 5.37 Å². The van der Waals surface area contributed by atoms with Gasteiger partial charge in [-0.05, 0) is 6.42 Å². The summed E-state index contributed by atoms with van der Waals surface area (Å²) in [5.74, 6) is 0.715. The van der Waals surface area contributed by atoms with Gasteiger partial charge in [-0.15, -0.1) is 0 Å². The Balaban J connectivity index is 2.26. The molecular formula is C6H10OS. The maximum Gasteiger partial charge on any atom is 0.0907 e. The van der Waals surface area contributed by atoms with E-state index in [0.29, 0.717) is 5.92 Å². The summed E-state index contributed by atoms with van der Waals surface area (Å²) in [6, 6.07) is 0. The van der Waals surface area contributed by atoms with Crippen LogP contribution in [0.3, 0.4) is 0 Å². The fourth-order valence-electron chi connectivity index (χ4n) is 0.844. The molecule has 0 radical (unpaired) electrons. The van der Waals surface area contributed by atoms with Gasteiger partial charge in [0.15, 0.2) is 0 Å². The van der Waals surface area contributed by atoms with E-state index in [0.717, 1.165) is 6.61 Å². The fraction of sp³-hybridized carbons (Fsp3) is 0.833. The van der Waals surface area contributed by atoms with E-state index in [1.807, 2.05) is 0 Å². The third-order valence-electron chi connectivity index (χ3n) is 1.63. The van der Waals surface area contributed by atoms with Crippen molar-refractivity contribution in [3.05, 3.63) is 0 Å². The van der Waals surface area contributed by atoms with E-state index in [2.05, 4.69) is 6.92 Å². The summed E-state index contributed by atoms with van der Waals surface area (Å²) >= 11 is 4.72. The van der Waals surface area contributed by atoms with E-state index in [4.69, 9.17) is 17.0 Å². The second kappa shape index (κ2) is 2.55. The Labute approximate surface area is 55.0 Å². The molecule has 0 saturated carbocycles. The molecule has 0 spiro atoms. The molecule has 1 fully saturated rings. The second-order valence-corrected chi connectivity index (χ2v) is 2.37. The average Bonchev–Trinajstić information content (AvgIpc) is 1.66. The molecule has 1 aliphatic heterocycles. The van der Waals surface area contributed by atoms with Gasteiger partial charge in [0.05, 0.1) is 12.7 Å². The minimum atomic E-state index is 0.287. The van der Waals surface area contributed by atoms with Crippen LogP contribution >= 0.6 is 12.2 Å². The summed E-state index contributed by atoms with van der Waals surface area (Å²) < 4.78 is 5.12. The molecule has 1 aliphatic rings. The first-order chi connectivity index (χ1) is 3.88. The largest absolute Gasteiger partial charge is 0.373 e. The molecule has 0 bridgehead atoms. The minimum Gasteiger partial charge on any atom is -0.373 e. The predicted octanol–water partition coefficient (Wildman–Crippen LogP) is 1.41. The zero-order valence-corrected chi connectivity index (χ0v) is 5.78. The van der Waals surface area contributed by atoms with Crippen molar-refractivity contribution >= 4 is 17.6 Å². The number of rotatable bonds is 2. The molecule has 0 aromatic rings. The second-order valence-electron chi connectivity index (χ2n) is 2.10. The van der Waals surface area contributed by atoms with E-state index in [-0.39, 0.29) is 6.10 Å². The van der Waals surface area contributed by atoms with Gasteiger partial charge in [0.2, 0.25) is 0 Å². The molecule has 2 atom stereocenters. The summed E-state index contributed by atoms with van der Waals surface area (Å²) in [5, 5.41) is 1.72. The third kappa shape index (κ3) is 0.906. The molecule has 1 heterocycles. The molecule has 1 nitrogen and oxygen atoms in total. The first-order valence-electron chi connectivity index (χ1n) is 2.95. The monoisotopic (exact) mass is 130 g/mol. The third-order valence-corrected chi connectivity index (χ3v) is 1.89. The molecule has 0 amide bonds. The van der Waals surface area contributed by atoms with Crippen molar-refractivity contribution < 1.29 is 4.74 Å². The fourth-order valence-corrected chi connectivity index (χ4v) is 1.14. The standard InChI is InChI=1S/C6H10OS/c1-2-5-3-7-6(5)4-8/h4-6H,2-3H2,1H3. The average molecular weight is 130 g/mol. The van der Waals surface area contributed by atoms with Gasteiger partial charge in [-0.2, -0.15) is 0 Å². The van der Waals surface area contributed by atoms with Crippen LogP contribution in [-0.2, 0) is 4.74 Å². The summed E-state index contributed by atoms with van der Waals surface area (Å²) in [5.41, 5.74) is 0. The molecular weight excluding hydrogens is 120 g/mol. The van der Waals surface area contributed by atoms with Crippen molar-refractivity contribution in [3.63, 3.8) is 0 Å². The molecule has 0 N–H and O–H groups in total. The molecule has 0 aromatic heterocycles. The number of hydrogen-bond acceptors (Lipinski definition) is 2. The van der Waals surface area contributed by atoms with Crippen LogP contribution in [0.2, 0.25) is 0 Å². The van der Waals surface area contributed by atoms with Crippen molar-refractivity contribution in [3.8, 4) is 0 Å². The van der Waals surface area contributed by atoms with Gasteiger partial charge in [-0.25, -0.2) is 0 Å². The van der Waals surface area contributed by atoms with E-state index >= 15 is 0 Å². The highest BCUT2D eigenvalue weighted by atomic mass is 32.1. The lowest BCUT2D eigenvalue weighted by atomic mass is 9.97. The Morgan fingerprint density at radius 3 is 2.75 bits per heavy atom. The van der Waals surface area contributed by atoms with E-state index in [9.17, 15) is 0 Å². The van der Waals surface area contributed by atoms with E-state index in [1.165, 1.54) is 6.42 Å². The molecule has 2 heteroatoms. The van der Waals surface area contributed by atoms with Gasteiger partial charge < -0.3 is 4.74 Å². The molecule has 1 saturated heterocycles. The van der Waals surface area contributed by atoms with Crippen LogP contribution in [0.1, 0.15) is 13.3 Å². The van der Waals surface area contributed by atoms with Gasteiger partial charge in [-0.3, -0.25) is 0 Å². The normalized spacial score (nSPS) is 36.1. The SMILES string of the molecule is CCC1COC1C=S. The quantitative estimate of drug-likeness (QED) is 0.523. The van der Waals surface area contributed by atoms with Gasteiger partial charge in [0.1, 0.15) is 0 Å². The van der Waals surface area contributed by atoms with Gasteiger partial charge in [0.25, 0.3) is 0 Å². The molecule has 0 aromatic carbocycles. The van der Waals surface area contributed by atoms with Crippen LogP contribution < -0.4 is 0 Å². The lowest BCUT2D eigenvalue weighted by molar-refractivity contribution is -0.0695. The highest BCUT2D eigenvalue weighted by molar-refractivity contribution is 7.79. The molecule has 2 unspecified atom stereocenters. The van der Waals surface area contributed by atoms with Crippen molar-refractivity contribution in [2.45, 2.75) is 19.4 Å². The molecule has 46 valence electrons. The van der Waals surface area contributed by atoms with E-state index < -0.39 is 0 Å². The lowest BCUT2D eigenvalue weighted by Crippen LogP contribution is -2.39. The van der Waals surface area contributed by atoms with Crippen LogP contribution in [-0.4, -0.2) is 18.1 Å². The highest BCUT2D eigenvalue weighted by Crippen LogP contribution is 2.21. The Bertz CT molecular complexity index is 90.5. The summed E-state index contributed by atoms with van der Waals surface area (Å²) in [4.78, 5) is 0. The van der Waals surface area contributed by atoms with Crippen LogP contribution in [0.5, 0.6) is 0 Å². The lowest BCUT2D eigenvalue weighted by Gasteiger charge is -2.32. The first-order valence-corrected chi connectivity index (χ1v) is 3.42. The highest BCUT2D eigenvalue weighted by Gasteiger charge is 2.27. The summed E-state index contributed by atoms with van der Waals surface area (Å²) in [6.07, 6.45) is 1.48. The Morgan fingerprint density at radius 1 is 1.88 bits per heavy atom. The van der Waals surface area contributed by atoms with Crippen LogP contribution in [0, 0.1) is 5.92 Å². The Kier molecular flexibility index (Phi) is 1.97. The van der Waals surface area contributed by atoms with Crippen molar-refractivity contribution in [1.82, 2.24) is 0 Å². The zero-order valence-electron chi connectivity index (χ0n) is 4.96. The maximum absolute atomic E-state index is 5.12. The smallest absolute Gasteiger partial charge is 0.0907 e. The topological polar surface area (TPSA) is 9.23 Å². The summed E-state index contributed by atoms with van der Waals surface area (Å²) in [6.45, 7) is 3.08. The van der Waals surface area contributed by atoms with Crippen molar-refractivity contribution in [2.24, 2.45) is 5.92 Å². The number of ether oxygens (including phenoxy) is 1.